The minimum absolute atomic E-state index is 0.261. The molecule has 1 aliphatic rings. The lowest BCUT2D eigenvalue weighted by atomic mass is 10.1. The summed E-state index contributed by atoms with van der Waals surface area (Å²) in [4.78, 5) is 25.4. The number of anilines is 1. The van der Waals surface area contributed by atoms with Gasteiger partial charge in [-0.15, -0.1) is 11.3 Å². The van der Waals surface area contributed by atoms with Gasteiger partial charge in [0.25, 0.3) is 0 Å². The number of nitrogens with one attached hydrogen (secondary N) is 1. The summed E-state index contributed by atoms with van der Waals surface area (Å²) in [5, 5.41) is 3.40. The van der Waals surface area contributed by atoms with Crippen molar-refractivity contribution in [2.75, 3.05) is 12.4 Å². The van der Waals surface area contributed by atoms with E-state index in [1.807, 2.05) is 24.3 Å². The number of hydrogen-bond acceptors (Lipinski definition) is 4. The third-order valence-corrected chi connectivity index (χ3v) is 5.58. The molecule has 1 amide bonds. The molecular formula is C18H16BrNO3S. The van der Waals surface area contributed by atoms with Crippen molar-refractivity contribution in [3.63, 3.8) is 0 Å². The van der Waals surface area contributed by atoms with Gasteiger partial charge in [0.05, 0.1) is 12.7 Å². The fraction of sp³-hybridized carbons (Fsp3) is 0.222. The van der Waals surface area contributed by atoms with E-state index in [0.29, 0.717) is 10.6 Å². The Morgan fingerprint density at radius 3 is 2.71 bits per heavy atom. The molecule has 0 unspecified atom stereocenters. The van der Waals surface area contributed by atoms with Crippen molar-refractivity contribution in [2.24, 2.45) is 0 Å². The molecule has 6 heteroatoms. The molecule has 0 bridgehead atoms. The molecule has 0 radical (unpaired) electrons. The lowest BCUT2D eigenvalue weighted by molar-refractivity contribution is -0.111. The van der Waals surface area contributed by atoms with Crippen LogP contribution in [0, 0.1) is 0 Å². The van der Waals surface area contributed by atoms with E-state index in [1.54, 1.807) is 6.08 Å². The molecule has 1 N–H and O–H groups in total. The van der Waals surface area contributed by atoms with Crippen molar-refractivity contribution in [1.82, 2.24) is 0 Å². The number of ether oxygens (including phenoxy) is 1. The number of thiophene rings is 1. The zero-order valence-corrected chi connectivity index (χ0v) is 15.5. The largest absolute Gasteiger partial charge is 0.465 e. The van der Waals surface area contributed by atoms with Gasteiger partial charge in [0.2, 0.25) is 5.91 Å². The van der Waals surface area contributed by atoms with Gasteiger partial charge in [-0.2, -0.15) is 0 Å². The fourth-order valence-corrected chi connectivity index (χ4v) is 4.25. The van der Waals surface area contributed by atoms with E-state index in [9.17, 15) is 9.59 Å². The number of hydrogen-bond donors (Lipinski definition) is 1. The molecule has 1 aromatic heterocycles. The minimum atomic E-state index is -0.387. The zero-order valence-electron chi connectivity index (χ0n) is 13.1. The first-order valence-corrected chi connectivity index (χ1v) is 9.17. The second-order valence-corrected chi connectivity index (χ2v) is 7.45. The highest BCUT2D eigenvalue weighted by atomic mass is 79.9. The van der Waals surface area contributed by atoms with Gasteiger partial charge < -0.3 is 10.1 Å². The Hall–Kier alpha value is -1.92. The SMILES string of the molecule is COC(=O)c1c(NC(=O)C=Cc2ccc(Br)cc2)sc2c1CCC2. The maximum absolute atomic E-state index is 12.2. The number of amides is 1. The van der Waals surface area contributed by atoms with Crippen molar-refractivity contribution >= 4 is 50.2 Å². The Morgan fingerprint density at radius 2 is 2.00 bits per heavy atom. The van der Waals surface area contributed by atoms with Gasteiger partial charge in [-0.1, -0.05) is 28.1 Å². The summed E-state index contributed by atoms with van der Waals surface area (Å²) in [7, 11) is 1.36. The van der Waals surface area contributed by atoms with Gasteiger partial charge in [0.1, 0.15) is 5.00 Å². The van der Waals surface area contributed by atoms with E-state index in [-0.39, 0.29) is 11.9 Å². The molecule has 1 aliphatic carbocycles. The van der Waals surface area contributed by atoms with Gasteiger partial charge in [0.15, 0.2) is 0 Å². The zero-order chi connectivity index (χ0) is 17.1. The molecule has 2 aromatic rings. The van der Waals surface area contributed by atoms with Crippen molar-refractivity contribution in [1.29, 1.82) is 0 Å². The van der Waals surface area contributed by atoms with Crippen LogP contribution in [-0.2, 0) is 22.4 Å². The third kappa shape index (κ3) is 3.60. The van der Waals surface area contributed by atoms with Crippen LogP contribution in [0.4, 0.5) is 5.00 Å². The number of halogens is 1. The lowest BCUT2D eigenvalue weighted by Gasteiger charge is -2.05. The Kier molecular flexibility index (Phi) is 5.16. The maximum atomic E-state index is 12.2. The highest BCUT2D eigenvalue weighted by Gasteiger charge is 2.27. The summed E-state index contributed by atoms with van der Waals surface area (Å²) in [6.45, 7) is 0. The van der Waals surface area contributed by atoms with E-state index in [1.165, 1.54) is 29.4 Å². The van der Waals surface area contributed by atoms with Crippen LogP contribution >= 0.6 is 27.3 Å². The van der Waals surface area contributed by atoms with E-state index in [0.717, 1.165) is 34.9 Å². The van der Waals surface area contributed by atoms with Crippen LogP contribution in [0.3, 0.4) is 0 Å². The van der Waals surface area contributed by atoms with Crippen LogP contribution in [-0.4, -0.2) is 19.0 Å². The lowest BCUT2D eigenvalue weighted by Crippen LogP contribution is -2.12. The summed E-state index contributed by atoms with van der Waals surface area (Å²) in [6.07, 6.45) is 6.06. The number of fused-ring (bicyclic) bond motifs is 1. The third-order valence-electron chi connectivity index (χ3n) is 3.84. The van der Waals surface area contributed by atoms with Crippen molar-refractivity contribution in [2.45, 2.75) is 19.3 Å². The van der Waals surface area contributed by atoms with Crippen molar-refractivity contribution < 1.29 is 14.3 Å². The molecule has 24 heavy (non-hydrogen) atoms. The number of esters is 1. The average molecular weight is 406 g/mol. The molecule has 124 valence electrons. The van der Waals surface area contributed by atoms with Gasteiger partial charge in [-0.3, -0.25) is 4.79 Å². The summed E-state index contributed by atoms with van der Waals surface area (Å²) >= 11 is 4.85. The first-order chi connectivity index (χ1) is 11.6. The molecule has 0 saturated heterocycles. The molecule has 0 saturated carbocycles. The van der Waals surface area contributed by atoms with Gasteiger partial charge in [0, 0.05) is 15.4 Å². The topological polar surface area (TPSA) is 55.4 Å². The number of carbonyl (C=O) groups excluding carboxylic acids is 2. The highest BCUT2D eigenvalue weighted by Crippen LogP contribution is 2.39. The number of rotatable bonds is 4. The minimum Gasteiger partial charge on any atom is -0.465 e. The number of benzene rings is 1. The monoisotopic (exact) mass is 405 g/mol. The smallest absolute Gasteiger partial charge is 0.341 e. The molecule has 3 rings (SSSR count). The fourth-order valence-electron chi connectivity index (χ4n) is 2.71. The second kappa shape index (κ2) is 7.32. The summed E-state index contributed by atoms with van der Waals surface area (Å²) < 4.78 is 5.86. The van der Waals surface area contributed by atoms with E-state index in [2.05, 4.69) is 21.2 Å². The Labute approximate surface area is 152 Å². The summed E-state index contributed by atoms with van der Waals surface area (Å²) in [6, 6.07) is 7.65. The van der Waals surface area contributed by atoms with Gasteiger partial charge in [-0.25, -0.2) is 4.79 Å². The summed E-state index contributed by atoms with van der Waals surface area (Å²) in [5.74, 6) is -0.649. The van der Waals surface area contributed by atoms with Crippen LogP contribution in [0.2, 0.25) is 0 Å². The predicted molar refractivity (Wildman–Crippen MR) is 99.5 cm³/mol. The van der Waals surface area contributed by atoms with Crippen LogP contribution in [0.15, 0.2) is 34.8 Å². The molecular weight excluding hydrogens is 390 g/mol. The second-order valence-electron chi connectivity index (χ2n) is 5.43. The van der Waals surface area contributed by atoms with Crippen LogP contribution in [0.25, 0.3) is 6.08 Å². The average Bonchev–Trinajstić information content (AvgIpc) is 3.14. The molecule has 0 fully saturated rings. The Bertz CT molecular complexity index is 808. The maximum Gasteiger partial charge on any atom is 0.341 e. The molecule has 0 spiro atoms. The van der Waals surface area contributed by atoms with E-state index in [4.69, 9.17) is 4.74 Å². The Balaban J connectivity index is 1.77. The highest BCUT2D eigenvalue weighted by molar-refractivity contribution is 9.10. The quantitative estimate of drug-likeness (QED) is 0.604. The standard InChI is InChI=1S/C18H16BrNO3S/c1-23-18(22)16-13-3-2-4-14(13)24-17(16)20-15(21)10-7-11-5-8-12(19)9-6-11/h5-10H,2-4H2,1H3,(H,20,21). The van der Waals surface area contributed by atoms with Crippen molar-refractivity contribution in [3.8, 4) is 0 Å². The van der Waals surface area contributed by atoms with Gasteiger partial charge >= 0.3 is 5.97 Å². The van der Waals surface area contributed by atoms with E-state index >= 15 is 0 Å². The molecule has 1 heterocycles. The first-order valence-electron chi connectivity index (χ1n) is 7.56. The first kappa shape index (κ1) is 16.9. The normalized spacial score (nSPS) is 13.1. The molecule has 0 atom stereocenters. The van der Waals surface area contributed by atoms with E-state index < -0.39 is 0 Å². The Morgan fingerprint density at radius 1 is 1.25 bits per heavy atom. The van der Waals surface area contributed by atoms with Crippen LogP contribution in [0.5, 0.6) is 0 Å². The van der Waals surface area contributed by atoms with Crippen molar-refractivity contribution in [3.05, 3.63) is 56.4 Å². The molecule has 0 aliphatic heterocycles. The summed E-state index contributed by atoms with van der Waals surface area (Å²) in [5.41, 5.74) is 2.47. The van der Waals surface area contributed by atoms with Gasteiger partial charge in [-0.05, 0) is 48.6 Å². The van der Waals surface area contributed by atoms with Crippen LogP contribution < -0.4 is 5.32 Å². The number of carbonyl (C=O) groups is 2. The predicted octanol–water partition coefficient (Wildman–Crippen LogP) is 4.44. The van der Waals surface area contributed by atoms with Crippen LogP contribution in [0.1, 0.15) is 32.8 Å². The number of aryl methyl sites for hydroxylation is 1. The molecule has 4 nitrogen and oxygen atoms in total. The number of methoxy groups -OCH3 is 1. The molecule has 1 aromatic carbocycles.